The van der Waals surface area contributed by atoms with Crippen LogP contribution < -0.4 is 9.80 Å². The zero-order valence-electron chi connectivity index (χ0n) is 28.0. The molecule has 2 amide bonds. The first-order valence-electron chi connectivity index (χ1n) is 16.9. The largest absolute Gasteiger partial charge is 0.396 e. The second kappa shape index (κ2) is 12.2. The van der Waals surface area contributed by atoms with Gasteiger partial charge in [-0.15, -0.1) is 5.10 Å². The molecule has 12 heteroatoms. The number of rotatable bonds is 9. The minimum Gasteiger partial charge on any atom is -0.396 e. The Morgan fingerprint density at radius 1 is 1.02 bits per heavy atom. The molecule has 4 aromatic carbocycles. The van der Waals surface area contributed by atoms with Gasteiger partial charge in [-0.1, -0.05) is 64.5 Å². The molecule has 1 aromatic heterocycles. The number of carbonyl (C=O) groups excluding carboxylic acids is 2. The van der Waals surface area contributed by atoms with Gasteiger partial charge in [0.2, 0.25) is 8.41 Å². The van der Waals surface area contributed by atoms with E-state index in [0.717, 1.165) is 43.4 Å². The molecule has 1 saturated heterocycles. The predicted molar refractivity (Wildman–Crippen MR) is 196 cm³/mol. The fourth-order valence-electron chi connectivity index (χ4n) is 8.49. The van der Waals surface area contributed by atoms with Crippen molar-refractivity contribution in [3.63, 3.8) is 0 Å². The van der Waals surface area contributed by atoms with Gasteiger partial charge in [0.05, 0.1) is 35.3 Å². The Morgan fingerprint density at radius 2 is 1.78 bits per heavy atom. The molecule has 1 N–H and O–H groups in total. The number of amides is 2. The minimum absolute atomic E-state index is 0.0182. The number of carbonyl (C=O) groups is 2. The molecule has 1 spiro atoms. The first-order valence-corrected chi connectivity index (χ1v) is 20.7. The molecule has 0 radical (unpaired) electrons. The molecule has 4 heterocycles. The van der Waals surface area contributed by atoms with Crippen LogP contribution in [0.3, 0.4) is 0 Å². The van der Waals surface area contributed by atoms with Crippen LogP contribution in [-0.4, -0.2) is 53.0 Å². The summed E-state index contributed by atoms with van der Waals surface area (Å²) in [6.07, 6.45) is 2.15. The number of aliphatic hydroxyl groups is 1. The van der Waals surface area contributed by atoms with Gasteiger partial charge in [-0.25, -0.2) is 0 Å². The van der Waals surface area contributed by atoms with E-state index in [-0.39, 0.29) is 25.0 Å². The Hall–Kier alpha value is -4.23. The van der Waals surface area contributed by atoms with Crippen LogP contribution in [0, 0.1) is 5.92 Å². The van der Waals surface area contributed by atoms with E-state index >= 15 is 4.11 Å². The highest BCUT2D eigenvalue weighted by Crippen LogP contribution is 2.60. The molecule has 0 unspecified atom stereocenters. The van der Waals surface area contributed by atoms with Crippen molar-refractivity contribution in [3.8, 4) is 0 Å². The number of hydrogen-bond acceptors (Lipinski definition) is 6. The fourth-order valence-corrected chi connectivity index (χ4v) is 11.4. The Balaban J connectivity index is 1.09. The van der Waals surface area contributed by atoms with E-state index in [2.05, 4.69) is 26.2 Å². The van der Waals surface area contributed by atoms with Gasteiger partial charge >= 0.3 is 0 Å². The second-order valence-electron chi connectivity index (χ2n) is 14.0. The van der Waals surface area contributed by atoms with Gasteiger partial charge in [0.25, 0.3) is 11.8 Å². The van der Waals surface area contributed by atoms with Gasteiger partial charge < -0.3 is 18.9 Å². The molecule has 5 aromatic rings. The number of aryl methyl sites for hydroxylation is 1. The fraction of sp³-hybridized carbons (Fsp3) is 0.316. The van der Waals surface area contributed by atoms with Crippen LogP contribution in [0.5, 0.6) is 0 Å². The van der Waals surface area contributed by atoms with E-state index < -0.39 is 31.6 Å². The summed E-state index contributed by atoms with van der Waals surface area (Å²) in [6.45, 7) is 6.07. The average Bonchev–Trinajstić information content (AvgIpc) is 3.81. The van der Waals surface area contributed by atoms with Crippen LogP contribution in [0.2, 0.25) is 18.6 Å². The zero-order valence-corrected chi connectivity index (χ0v) is 30.6. The lowest BCUT2D eigenvalue weighted by atomic mass is 9.82. The van der Waals surface area contributed by atoms with E-state index in [1.807, 2.05) is 85.8 Å². The van der Waals surface area contributed by atoms with Crippen molar-refractivity contribution in [2.24, 2.45) is 5.92 Å². The van der Waals surface area contributed by atoms with E-state index in [1.54, 1.807) is 33.8 Å². The predicted octanol–water partition coefficient (Wildman–Crippen LogP) is 7.43. The minimum atomic E-state index is -3.33. The van der Waals surface area contributed by atoms with Gasteiger partial charge in [0, 0.05) is 58.3 Å². The third-order valence-corrected chi connectivity index (χ3v) is 13.6. The molecule has 3 aliphatic rings. The summed E-state index contributed by atoms with van der Waals surface area (Å²) in [7, 11) is -3.33. The molecule has 9 nitrogen and oxygen atoms in total. The molecule has 8 rings (SSSR count). The molecule has 4 atom stereocenters. The maximum absolute atomic E-state index is 16.3. The van der Waals surface area contributed by atoms with Gasteiger partial charge in [0.1, 0.15) is 0 Å². The van der Waals surface area contributed by atoms with Crippen LogP contribution in [0.15, 0.2) is 89.5 Å². The van der Waals surface area contributed by atoms with Crippen molar-refractivity contribution in [2.45, 2.75) is 63.2 Å². The summed E-state index contributed by atoms with van der Waals surface area (Å²) in [5.41, 5.74) is 3.57. The summed E-state index contributed by atoms with van der Waals surface area (Å²) >= 11 is 3.62. The smallest absolute Gasteiger partial charge is 0.264 e. The van der Waals surface area contributed by atoms with Crippen LogP contribution in [0.25, 0.3) is 10.8 Å². The number of ether oxygens (including phenoxy) is 1. The van der Waals surface area contributed by atoms with Crippen LogP contribution in [0.1, 0.15) is 40.5 Å². The van der Waals surface area contributed by atoms with Crippen molar-refractivity contribution >= 4 is 64.0 Å². The lowest BCUT2D eigenvalue weighted by Gasteiger charge is -2.31. The highest BCUT2D eigenvalue weighted by molar-refractivity contribution is 9.10. The standard InChI is InChI=1S/C38H37BrFN5O4Si/c1-23-35(50(2,3)40)33(16-18-43-22-27(17-19-46)41-42-43)49-38(23)30-20-26(39)12-15-31(30)44(37(38)48)21-24-10-13-28(14-11-24)45-32-9-5-7-25-6-4-8-29(34(25)32)36(45)47/h4-15,20,22-23,33,35,46H,16-19,21H2,1-3H3/t23-,33+,35-,38+/m0/s1. The number of benzene rings is 4. The highest BCUT2D eigenvalue weighted by Gasteiger charge is 2.66. The number of halogens is 2. The number of hydrogen-bond donors (Lipinski definition) is 1. The number of anilines is 3. The molecule has 50 heavy (non-hydrogen) atoms. The normalized spacial score (nSPS) is 22.8. The number of aliphatic hydroxyl groups excluding tert-OH is 1. The SMILES string of the molecule is C[C@H]1[C@H]([Si](C)(C)F)[C@@H](CCn2cc(CCO)nn2)O[C@]12C(=O)N(Cc1ccc(N3C(=O)c4cccc5cccc3c45)cc1)c1ccc(Br)cc12. The van der Waals surface area contributed by atoms with Gasteiger partial charge in [-0.3, -0.25) is 19.2 Å². The third kappa shape index (κ3) is 5.14. The summed E-state index contributed by atoms with van der Waals surface area (Å²) in [6, 6.07) is 25.3. The Morgan fingerprint density at radius 3 is 2.52 bits per heavy atom. The maximum atomic E-state index is 16.3. The zero-order chi connectivity index (χ0) is 34.9. The molecule has 256 valence electrons. The van der Waals surface area contributed by atoms with Crippen molar-refractivity contribution in [2.75, 3.05) is 16.4 Å². The van der Waals surface area contributed by atoms with Crippen LogP contribution in [0.4, 0.5) is 21.2 Å². The second-order valence-corrected chi connectivity index (χ2v) is 18.8. The summed E-state index contributed by atoms with van der Waals surface area (Å²) in [5, 5.41) is 19.6. The molecule has 0 saturated carbocycles. The van der Waals surface area contributed by atoms with Crippen LogP contribution >= 0.6 is 15.9 Å². The first-order chi connectivity index (χ1) is 24.0. The molecular weight excluding hydrogens is 717 g/mol. The summed E-state index contributed by atoms with van der Waals surface area (Å²) < 4.78 is 25.7. The third-order valence-electron chi connectivity index (χ3n) is 10.6. The number of nitrogens with zero attached hydrogens (tertiary/aromatic N) is 5. The molecule has 1 fully saturated rings. The van der Waals surface area contributed by atoms with E-state index in [9.17, 15) is 14.7 Å². The van der Waals surface area contributed by atoms with Gasteiger partial charge in [0.15, 0.2) is 5.60 Å². The van der Waals surface area contributed by atoms with E-state index in [4.69, 9.17) is 4.74 Å². The lowest BCUT2D eigenvalue weighted by Crippen LogP contribution is -2.45. The first kappa shape index (κ1) is 32.9. The lowest BCUT2D eigenvalue weighted by molar-refractivity contribution is -0.146. The Labute approximate surface area is 299 Å². The summed E-state index contributed by atoms with van der Waals surface area (Å²) in [5.74, 6) is -0.681. The Kier molecular flexibility index (Phi) is 8.05. The average molecular weight is 755 g/mol. The number of fused-ring (bicyclic) bond motifs is 2. The van der Waals surface area contributed by atoms with Crippen molar-refractivity contribution < 1.29 is 23.5 Å². The van der Waals surface area contributed by atoms with Crippen molar-refractivity contribution in [3.05, 3.63) is 112 Å². The molecule has 0 aliphatic carbocycles. The quantitative estimate of drug-likeness (QED) is 0.124. The molecule has 3 aliphatic heterocycles. The van der Waals surface area contributed by atoms with E-state index in [0.29, 0.717) is 30.6 Å². The molecule has 0 bridgehead atoms. The summed E-state index contributed by atoms with van der Waals surface area (Å²) in [4.78, 5) is 31.8. The molecular formula is C38H37BrFN5O4Si. The maximum Gasteiger partial charge on any atom is 0.264 e. The van der Waals surface area contributed by atoms with Crippen molar-refractivity contribution in [1.29, 1.82) is 0 Å². The van der Waals surface area contributed by atoms with E-state index in [1.165, 1.54) is 0 Å². The number of aromatic nitrogens is 3. The monoisotopic (exact) mass is 753 g/mol. The highest BCUT2D eigenvalue weighted by atomic mass is 79.9. The van der Waals surface area contributed by atoms with Gasteiger partial charge in [-0.2, -0.15) is 0 Å². The van der Waals surface area contributed by atoms with Gasteiger partial charge in [-0.05, 0) is 72.9 Å². The van der Waals surface area contributed by atoms with Crippen molar-refractivity contribution in [1.82, 2.24) is 15.0 Å². The topological polar surface area (TPSA) is 101 Å². The van der Waals surface area contributed by atoms with Crippen LogP contribution in [-0.2, 0) is 34.6 Å². The Bertz CT molecular complexity index is 2150.